The number of anilines is 1. The quantitative estimate of drug-likeness (QED) is 0.793. The van der Waals surface area contributed by atoms with Crippen LogP contribution in [0.3, 0.4) is 0 Å². The average Bonchev–Trinajstić information content (AvgIpc) is 2.44. The van der Waals surface area contributed by atoms with Crippen molar-refractivity contribution in [1.29, 1.82) is 0 Å². The highest BCUT2D eigenvalue weighted by molar-refractivity contribution is 5.96. The molecule has 0 aliphatic heterocycles. The van der Waals surface area contributed by atoms with Crippen LogP contribution in [0, 0.1) is 0 Å². The van der Waals surface area contributed by atoms with Crippen LogP contribution in [-0.4, -0.2) is 26.2 Å². The van der Waals surface area contributed by atoms with Gasteiger partial charge in [0.2, 0.25) is 5.91 Å². The minimum Gasteiger partial charge on any atom is -0.497 e. The van der Waals surface area contributed by atoms with E-state index in [9.17, 15) is 4.79 Å². The van der Waals surface area contributed by atoms with E-state index < -0.39 is 6.04 Å². The Bertz CT molecular complexity index is 421. The zero-order chi connectivity index (χ0) is 14.3. The van der Waals surface area contributed by atoms with Crippen molar-refractivity contribution in [2.45, 2.75) is 32.2 Å². The minimum atomic E-state index is -0.504. The fourth-order valence-corrected chi connectivity index (χ4v) is 1.69. The first-order valence-electron chi connectivity index (χ1n) is 6.40. The molecule has 1 aromatic rings. The van der Waals surface area contributed by atoms with Gasteiger partial charge in [0.15, 0.2) is 0 Å². The summed E-state index contributed by atoms with van der Waals surface area (Å²) in [6, 6.07) is 4.72. The van der Waals surface area contributed by atoms with Crippen LogP contribution in [0.1, 0.15) is 26.2 Å². The molecule has 106 valence electrons. The number of benzene rings is 1. The molecule has 0 saturated carbocycles. The molecule has 0 saturated heterocycles. The van der Waals surface area contributed by atoms with Gasteiger partial charge in [0.1, 0.15) is 11.5 Å². The standard InChI is InChI=1S/C14H22N2O3/c1-4-5-6-11(15)14(17)16-12-9-10(18-2)7-8-13(12)19-3/h7-9,11H,4-6,15H2,1-3H3,(H,16,17)/t11-/m0/s1. The molecule has 0 bridgehead atoms. The summed E-state index contributed by atoms with van der Waals surface area (Å²) in [4.78, 5) is 12.0. The zero-order valence-electron chi connectivity index (χ0n) is 11.7. The van der Waals surface area contributed by atoms with E-state index in [1.165, 1.54) is 0 Å². The third-order valence-corrected chi connectivity index (χ3v) is 2.87. The molecule has 0 fully saturated rings. The molecule has 0 heterocycles. The minimum absolute atomic E-state index is 0.208. The molecule has 1 aromatic carbocycles. The Hall–Kier alpha value is -1.75. The van der Waals surface area contributed by atoms with Crippen LogP contribution in [-0.2, 0) is 4.79 Å². The van der Waals surface area contributed by atoms with Crippen molar-refractivity contribution in [1.82, 2.24) is 0 Å². The molecule has 5 heteroatoms. The number of ether oxygens (including phenoxy) is 2. The molecule has 0 spiro atoms. The molecule has 1 amide bonds. The number of nitrogens with one attached hydrogen (secondary N) is 1. The molecule has 1 rings (SSSR count). The van der Waals surface area contributed by atoms with Crippen molar-refractivity contribution in [3.05, 3.63) is 18.2 Å². The number of methoxy groups -OCH3 is 2. The number of unbranched alkanes of at least 4 members (excludes halogenated alkanes) is 1. The van der Waals surface area contributed by atoms with Crippen LogP contribution in [0.15, 0.2) is 18.2 Å². The van der Waals surface area contributed by atoms with E-state index in [-0.39, 0.29) is 5.91 Å². The summed E-state index contributed by atoms with van der Waals surface area (Å²) < 4.78 is 10.3. The normalized spacial score (nSPS) is 11.8. The first kappa shape index (κ1) is 15.3. The lowest BCUT2D eigenvalue weighted by molar-refractivity contribution is -0.117. The lowest BCUT2D eigenvalue weighted by Gasteiger charge is -2.15. The van der Waals surface area contributed by atoms with Gasteiger partial charge in [-0.2, -0.15) is 0 Å². The number of hydrogen-bond acceptors (Lipinski definition) is 4. The van der Waals surface area contributed by atoms with Gasteiger partial charge in [-0.25, -0.2) is 0 Å². The van der Waals surface area contributed by atoms with Crippen LogP contribution in [0.2, 0.25) is 0 Å². The summed E-state index contributed by atoms with van der Waals surface area (Å²) in [5, 5.41) is 2.78. The molecule has 0 aliphatic carbocycles. The van der Waals surface area contributed by atoms with Crippen LogP contribution in [0.5, 0.6) is 11.5 Å². The predicted molar refractivity (Wildman–Crippen MR) is 75.7 cm³/mol. The van der Waals surface area contributed by atoms with Gasteiger partial charge in [0.25, 0.3) is 0 Å². The van der Waals surface area contributed by atoms with Gasteiger partial charge in [-0.3, -0.25) is 4.79 Å². The summed E-state index contributed by atoms with van der Waals surface area (Å²) in [6.07, 6.45) is 2.63. The fraction of sp³-hybridized carbons (Fsp3) is 0.500. The molecule has 0 aromatic heterocycles. The zero-order valence-corrected chi connectivity index (χ0v) is 11.7. The maximum absolute atomic E-state index is 12.0. The predicted octanol–water partition coefficient (Wildman–Crippen LogP) is 2.16. The van der Waals surface area contributed by atoms with E-state index in [1.54, 1.807) is 32.4 Å². The van der Waals surface area contributed by atoms with Crippen molar-refractivity contribution in [2.75, 3.05) is 19.5 Å². The van der Waals surface area contributed by atoms with E-state index in [4.69, 9.17) is 15.2 Å². The highest BCUT2D eigenvalue weighted by Gasteiger charge is 2.15. The number of carbonyl (C=O) groups excluding carboxylic acids is 1. The second kappa shape index (κ2) is 7.63. The van der Waals surface area contributed by atoms with E-state index in [2.05, 4.69) is 12.2 Å². The molecule has 5 nitrogen and oxygen atoms in total. The van der Waals surface area contributed by atoms with Crippen LogP contribution >= 0.6 is 0 Å². The molecular weight excluding hydrogens is 244 g/mol. The highest BCUT2D eigenvalue weighted by Crippen LogP contribution is 2.28. The summed E-state index contributed by atoms with van der Waals surface area (Å²) in [5.41, 5.74) is 6.40. The first-order chi connectivity index (χ1) is 9.12. The van der Waals surface area contributed by atoms with Gasteiger partial charge >= 0.3 is 0 Å². The van der Waals surface area contributed by atoms with E-state index in [0.29, 0.717) is 23.6 Å². The number of nitrogens with two attached hydrogens (primary N) is 1. The Morgan fingerprint density at radius 2 is 2.11 bits per heavy atom. The maximum Gasteiger partial charge on any atom is 0.241 e. The largest absolute Gasteiger partial charge is 0.497 e. The molecule has 0 aliphatic rings. The van der Waals surface area contributed by atoms with Crippen molar-refractivity contribution in [3.8, 4) is 11.5 Å². The third-order valence-electron chi connectivity index (χ3n) is 2.87. The maximum atomic E-state index is 12.0. The molecule has 0 unspecified atom stereocenters. The Balaban J connectivity index is 2.76. The number of hydrogen-bond donors (Lipinski definition) is 2. The first-order valence-corrected chi connectivity index (χ1v) is 6.40. The van der Waals surface area contributed by atoms with Crippen LogP contribution in [0.25, 0.3) is 0 Å². The van der Waals surface area contributed by atoms with Crippen molar-refractivity contribution >= 4 is 11.6 Å². The van der Waals surface area contributed by atoms with Crippen molar-refractivity contribution < 1.29 is 14.3 Å². The van der Waals surface area contributed by atoms with Crippen molar-refractivity contribution in [3.63, 3.8) is 0 Å². The van der Waals surface area contributed by atoms with Gasteiger partial charge in [0, 0.05) is 6.07 Å². The van der Waals surface area contributed by atoms with Gasteiger partial charge in [-0.15, -0.1) is 0 Å². The number of amides is 1. The van der Waals surface area contributed by atoms with Gasteiger partial charge in [-0.05, 0) is 18.6 Å². The molecule has 1 atom stereocenters. The van der Waals surface area contributed by atoms with Gasteiger partial charge in [0.05, 0.1) is 25.9 Å². The smallest absolute Gasteiger partial charge is 0.241 e. The second-order valence-corrected chi connectivity index (χ2v) is 4.30. The summed E-state index contributed by atoms with van der Waals surface area (Å²) in [7, 11) is 3.12. The lowest BCUT2D eigenvalue weighted by atomic mass is 10.1. The molecule has 19 heavy (non-hydrogen) atoms. The van der Waals surface area contributed by atoms with Gasteiger partial charge < -0.3 is 20.5 Å². The Kier molecular flexibility index (Phi) is 6.15. The summed E-state index contributed by atoms with van der Waals surface area (Å²) in [6.45, 7) is 2.07. The average molecular weight is 266 g/mol. The molecule has 0 radical (unpaired) electrons. The fourth-order valence-electron chi connectivity index (χ4n) is 1.69. The molecular formula is C14H22N2O3. The van der Waals surface area contributed by atoms with Crippen molar-refractivity contribution in [2.24, 2.45) is 5.73 Å². The van der Waals surface area contributed by atoms with E-state index in [0.717, 1.165) is 12.8 Å². The highest BCUT2D eigenvalue weighted by atomic mass is 16.5. The van der Waals surface area contributed by atoms with E-state index in [1.807, 2.05) is 0 Å². The topological polar surface area (TPSA) is 73.6 Å². The number of carbonyl (C=O) groups is 1. The Morgan fingerprint density at radius 1 is 1.37 bits per heavy atom. The number of rotatable bonds is 7. The lowest BCUT2D eigenvalue weighted by Crippen LogP contribution is -2.35. The Labute approximate surface area is 114 Å². The summed E-state index contributed by atoms with van der Waals surface area (Å²) in [5.74, 6) is 1.02. The molecule has 3 N–H and O–H groups in total. The summed E-state index contributed by atoms with van der Waals surface area (Å²) >= 11 is 0. The Morgan fingerprint density at radius 3 is 2.68 bits per heavy atom. The second-order valence-electron chi connectivity index (χ2n) is 4.30. The SMILES string of the molecule is CCCC[C@H](N)C(=O)Nc1cc(OC)ccc1OC. The third kappa shape index (κ3) is 4.44. The van der Waals surface area contributed by atoms with Gasteiger partial charge in [-0.1, -0.05) is 19.8 Å². The van der Waals surface area contributed by atoms with E-state index >= 15 is 0 Å². The van der Waals surface area contributed by atoms with Crippen LogP contribution in [0.4, 0.5) is 5.69 Å². The van der Waals surface area contributed by atoms with Crippen LogP contribution < -0.4 is 20.5 Å². The monoisotopic (exact) mass is 266 g/mol.